The van der Waals surface area contributed by atoms with Crippen LogP contribution < -0.4 is 5.32 Å². The highest BCUT2D eigenvalue weighted by molar-refractivity contribution is 9.10. The summed E-state index contributed by atoms with van der Waals surface area (Å²) >= 11 is 5.19. The highest BCUT2D eigenvalue weighted by Gasteiger charge is 2.06. The van der Waals surface area contributed by atoms with E-state index in [9.17, 15) is 0 Å². The molecule has 0 saturated carbocycles. The number of aromatic nitrogens is 3. The number of thiophene rings is 1. The summed E-state index contributed by atoms with van der Waals surface area (Å²) in [5.41, 5.74) is 0. The Morgan fingerprint density at radius 1 is 1.47 bits per heavy atom. The molecule has 0 fully saturated rings. The standard InChI is InChI=1S/C11H15BrN4S/c1-8(2)16-11(14-7-15-16)5-13-4-10-3-9(12)6-17-10/h3,6-8,13H,4-5H2,1-2H3. The summed E-state index contributed by atoms with van der Waals surface area (Å²) < 4.78 is 3.08. The van der Waals surface area contributed by atoms with E-state index >= 15 is 0 Å². The van der Waals surface area contributed by atoms with Crippen LogP contribution in [0.25, 0.3) is 0 Å². The molecule has 2 heterocycles. The van der Waals surface area contributed by atoms with Gasteiger partial charge in [-0.2, -0.15) is 5.10 Å². The second-order valence-electron chi connectivity index (χ2n) is 4.05. The lowest BCUT2D eigenvalue weighted by Crippen LogP contribution is -2.17. The molecule has 1 N–H and O–H groups in total. The molecule has 0 bridgehead atoms. The Morgan fingerprint density at radius 2 is 2.29 bits per heavy atom. The van der Waals surface area contributed by atoms with Gasteiger partial charge in [0.2, 0.25) is 0 Å². The van der Waals surface area contributed by atoms with E-state index in [1.54, 1.807) is 17.7 Å². The minimum absolute atomic E-state index is 0.352. The first kappa shape index (κ1) is 12.7. The number of hydrogen-bond acceptors (Lipinski definition) is 4. The molecular formula is C11H15BrN4S. The van der Waals surface area contributed by atoms with Crippen molar-refractivity contribution in [1.29, 1.82) is 0 Å². The van der Waals surface area contributed by atoms with E-state index in [1.165, 1.54) is 4.88 Å². The molecule has 0 atom stereocenters. The van der Waals surface area contributed by atoms with E-state index < -0.39 is 0 Å². The lowest BCUT2D eigenvalue weighted by molar-refractivity contribution is 0.490. The summed E-state index contributed by atoms with van der Waals surface area (Å²) in [5.74, 6) is 0.982. The summed E-state index contributed by atoms with van der Waals surface area (Å²) in [6.07, 6.45) is 1.61. The van der Waals surface area contributed by atoms with Gasteiger partial charge in [-0.05, 0) is 35.8 Å². The number of nitrogens with zero attached hydrogens (tertiary/aromatic N) is 3. The summed E-state index contributed by atoms with van der Waals surface area (Å²) in [6.45, 7) is 5.82. The van der Waals surface area contributed by atoms with E-state index in [2.05, 4.69) is 56.6 Å². The Bertz CT molecular complexity index is 477. The Morgan fingerprint density at radius 3 is 2.94 bits per heavy atom. The van der Waals surface area contributed by atoms with Gasteiger partial charge in [-0.1, -0.05) is 0 Å². The van der Waals surface area contributed by atoms with Gasteiger partial charge in [0.05, 0.1) is 6.54 Å². The number of rotatable bonds is 5. The number of nitrogens with one attached hydrogen (secondary N) is 1. The van der Waals surface area contributed by atoms with E-state index in [0.29, 0.717) is 6.04 Å². The molecule has 0 aliphatic heterocycles. The second kappa shape index (κ2) is 5.75. The minimum atomic E-state index is 0.352. The normalized spacial score (nSPS) is 11.3. The van der Waals surface area contributed by atoms with Gasteiger partial charge in [-0.15, -0.1) is 11.3 Å². The summed E-state index contributed by atoms with van der Waals surface area (Å²) in [4.78, 5) is 5.57. The largest absolute Gasteiger partial charge is 0.305 e. The summed E-state index contributed by atoms with van der Waals surface area (Å²) in [6, 6.07) is 2.48. The zero-order valence-electron chi connectivity index (χ0n) is 9.85. The Balaban J connectivity index is 1.88. The minimum Gasteiger partial charge on any atom is -0.305 e. The number of halogens is 1. The summed E-state index contributed by atoms with van der Waals surface area (Å²) in [7, 11) is 0. The lowest BCUT2D eigenvalue weighted by Gasteiger charge is -2.09. The predicted octanol–water partition coefficient (Wildman–Crippen LogP) is 2.97. The molecule has 0 aromatic carbocycles. The van der Waals surface area contributed by atoms with Crippen molar-refractivity contribution >= 4 is 27.3 Å². The smallest absolute Gasteiger partial charge is 0.141 e. The zero-order valence-corrected chi connectivity index (χ0v) is 12.3. The van der Waals surface area contributed by atoms with Crippen molar-refractivity contribution in [2.24, 2.45) is 0 Å². The maximum absolute atomic E-state index is 4.26. The molecule has 2 aromatic heterocycles. The lowest BCUT2D eigenvalue weighted by atomic mass is 10.4. The predicted molar refractivity (Wildman–Crippen MR) is 73.0 cm³/mol. The Labute approximate surface area is 113 Å². The molecule has 0 amide bonds. The van der Waals surface area contributed by atoms with Gasteiger partial charge in [0, 0.05) is 27.3 Å². The van der Waals surface area contributed by atoms with Gasteiger partial charge in [0.15, 0.2) is 0 Å². The molecule has 4 nitrogen and oxygen atoms in total. The van der Waals surface area contributed by atoms with Crippen LogP contribution in [0.3, 0.4) is 0 Å². The molecule has 92 valence electrons. The van der Waals surface area contributed by atoms with Crippen molar-refractivity contribution in [2.45, 2.75) is 33.0 Å². The van der Waals surface area contributed by atoms with Crippen LogP contribution in [0.1, 0.15) is 30.6 Å². The van der Waals surface area contributed by atoms with Crippen molar-refractivity contribution in [3.63, 3.8) is 0 Å². The van der Waals surface area contributed by atoms with Crippen molar-refractivity contribution in [3.8, 4) is 0 Å². The average Bonchev–Trinajstić information content (AvgIpc) is 2.87. The molecule has 0 spiro atoms. The third-order valence-corrected chi connectivity index (χ3v) is 4.04. The van der Waals surface area contributed by atoms with Crippen LogP contribution in [-0.2, 0) is 13.1 Å². The van der Waals surface area contributed by atoms with Gasteiger partial charge in [-0.3, -0.25) is 0 Å². The molecular weight excluding hydrogens is 300 g/mol. The van der Waals surface area contributed by atoms with Crippen LogP contribution >= 0.6 is 27.3 Å². The quantitative estimate of drug-likeness (QED) is 0.922. The molecule has 0 aliphatic carbocycles. The Hall–Kier alpha value is -0.720. The molecule has 0 unspecified atom stereocenters. The molecule has 17 heavy (non-hydrogen) atoms. The van der Waals surface area contributed by atoms with Gasteiger partial charge in [-0.25, -0.2) is 9.67 Å². The molecule has 2 aromatic rings. The van der Waals surface area contributed by atoms with Gasteiger partial charge >= 0.3 is 0 Å². The van der Waals surface area contributed by atoms with Gasteiger partial charge in [0.1, 0.15) is 12.2 Å². The fourth-order valence-electron chi connectivity index (χ4n) is 1.58. The van der Waals surface area contributed by atoms with Crippen LogP contribution in [-0.4, -0.2) is 14.8 Å². The summed E-state index contributed by atoms with van der Waals surface area (Å²) in [5, 5.41) is 9.68. The van der Waals surface area contributed by atoms with E-state index in [1.807, 2.05) is 4.68 Å². The topological polar surface area (TPSA) is 42.7 Å². The van der Waals surface area contributed by atoms with Crippen LogP contribution in [0.2, 0.25) is 0 Å². The van der Waals surface area contributed by atoms with Crippen LogP contribution in [0.5, 0.6) is 0 Å². The molecule has 2 rings (SSSR count). The van der Waals surface area contributed by atoms with Crippen molar-refractivity contribution in [2.75, 3.05) is 0 Å². The highest BCUT2D eigenvalue weighted by Crippen LogP contribution is 2.19. The van der Waals surface area contributed by atoms with Crippen molar-refractivity contribution in [1.82, 2.24) is 20.1 Å². The first-order chi connectivity index (χ1) is 8.16. The molecule has 0 aliphatic rings. The van der Waals surface area contributed by atoms with E-state index in [0.717, 1.165) is 23.4 Å². The highest BCUT2D eigenvalue weighted by atomic mass is 79.9. The SMILES string of the molecule is CC(C)n1ncnc1CNCc1cc(Br)cs1. The number of hydrogen-bond donors (Lipinski definition) is 1. The third kappa shape index (κ3) is 3.37. The van der Waals surface area contributed by atoms with Crippen molar-refractivity contribution < 1.29 is 0 Å². The van der Waals surface area contributed by atoms with Crippen molar-refractivity contribution in [3.05, 3.63) is 32.9 Å². The molecule has 0 radical (unpaired) electrons. The van der Waals surface area contributed by atoms with E-state index in [-0.39, 0.29) is 0 Å². The fourth-order valence-corrected chi connectivity index (χ4v) is 3.00. The van der Waals surface area contributed by atoms with Crippen LogP contribution in [0, 0.1) is 0 Å². The molecule has 6 heteroatoms. The zero-order chi connectivity index (χ0) is 12.3. The van der Waals surface area contributed by atoms with Crippen LogP contribution in [0.4, 0.5) is 0 Å². The van der Waals surface area contributed by atoms with E-state index in [4.69, 9.17) is 0 Å². The average molecular weight is 315 g/mol. The monoisotopic (exact) mass is 314 g/mol. The second-order valence-corrected chi connectivity index (χ2v) is 5.96. The third-order valence-electron chi connectivity index (χ3n) is 2.34. The first-order valence-electron chi connectivity index (χ1n) is 5.49. The van der Waals surface area contributed by atoms with Crippen LogP contribution in [0.15, 0.2) is 22.2 Å². The fraction of sp³-hybridized carbons (Fsp3) is 0.455. The maximum Gasteiger partial charge on any atom is 0.141 e. The Kier molecular flexibility index (Phi) is 4.31. The molecule has 0 saturated heterocycles. The maximum atomic E-state index is 4.26. The first-order valence-corrected chi connectivity index (χ1v) is 7.16. The van der Waals surface area contributed by atoms with Gasteiger partial charge < -0.3 is 5.32 Å². The van der Waals surface area contributed by atoms with Gasteiger partial charge in [0.25, 0.3) is 0 Å².